The fourth-order valence-electron chi connectivity index (χ4n) is 4.45. The van der Waals surface area contributed by atoms with Crippen LogP contribution in [0.15, 0.2) is 75.0 Å². The Hall–Kier alpha value is -3.80. The summed E-state index contributed by atoms with van der Waals surface area (Å²) in [7, 11) is -3.58. The fourth-order valence-corrected chi connectivity index (χ4v) is 6.59. The normalized spacial score (nSPS) is 15.1. The Morgan fingerprint density at radius 1 is 0.917 bits per heavy atom. The quantitative estimate of drug-likeness (QED) is 0.378. The van der Waals surface area contributed by atoms with E-state index in [1.165, 1.54) is 15.6 Å². The molecule has 2 aromatic carbocycles. The Labute approximate surface area is 210 Å². The van der Waals surface area contributed by atoms with Crippen LogP contribution in [0.4, 0.5) is 0 Å². The number of hydrogen-bond donors (Lipinski definition) is 2. The zero-order valence-corrected chi connectivity index (χ0v) is 20.6. The largest absolute Gasteiger partial charge is 0.353 e. The number of nitrogens with one attached hydrogen (secondary N) is 2. The third-order valence-corrected chi connectivity index (χ3v) is 9.01. The van der Waals surface area contributed by atoms with Crippen LogP contribution in [0, 0.1) is 0 Å². The van der Waals surface area contributed by atoms with Crippen molar-refractivity contribution in [1.82, 2.24) is 24.2 Å². The number of hydrogen-bond acceptors (Lipinski definition) is 6. The minimum Gasteiger partial charge on any atom is -0.353 e. The molecule has 9 nitrogen and oxygen atoms in total. The minimum atomic E-state index is -3.58. The lowest BCUT2D eigenvalue weighted by molar-refractivity contribution is 0.0698. The molecule has 1 aliphatic heterocycles. The first kappa shape index (κ1) is 22.7. The molecule has 5 aromatic rings. The number of carbonyl (C=O) groups is 1. The van der Waals surface area contributed by atoms with E-state index in [1.54, 1.807) is 53.4 Å². The van der Waals surface area contributed by atoms with Gasteiger partial charge in [-0.2, -0.15) is 4.31 Å². The van der Waals surface area contributed by atoms with Gasteiger partial charge in [-0.05, 0) is 36.4 Å². The number of aromatic nitrogens is 3. The van der Waals surface area contributed by atoms with Gasteiger partial charge in [-0.3, -0.25) is 9.59 Å². The number of nitrogens with zero attached hydrogens (tertiary/aromatic N) is 3. The second-order valence-electron chi connectivity index (χ2n) is 8.58. The van der Waals surface area contributed by atoms with Crippen molar-refractivity contribution < 1.29 is 13.2 Å². The summed E-state index contributed by atoms with van der Waals surface area (Å²) < 4.78 is 27.2. The number of sulfonamides is 1. The van der Waals surface area contributed by atoms with Crippen LogP contribution in [-0.4, -0.2) is 64.7 Å². The average Bonchev–Trinajstić information content (AvgIpc) is 3.54. The topological polar surface area (TPSA) is 119 Å². The Morgan fingerprint density at radius 3 is 2.47 bits per heavy atom. The van der Waals surface area contributed by atoms with Gasteiger partial charge in [-0.25, -0.2) is 13.4 Å². The highest BCUT2D eigenvalue weighted by molar-refractivity contribution is 7.89. The van der Waals surface area contributed by atoms with Gasteiger partial charge >= 0.3 is 0 Å². The van der Waals surface area contributed by atoms with E-state index in [9.17, 15) is 18.0 Å². The van der Waals surface area contributed by atoms with Crippen molar-refractivity contribution in [3.05, 3.63) is 81.3 Å². The smallest absolute Gasteiger partial charge is 0.276 e. The molecule has 1 amide bonds. The summed E-state index contributed by atoms with van der Waals surface area (Å²) in [5, 5.41) is 4.50. The molecule has 36 heavy (non-hydrogen) atoms. The van der Waals surface area contributed by atoms with Crippen LogP contribution >= 0.6 is 11.3 Å². The molecule has 0 radical (unpaired) electrons. The molecule has 11 heteroatoms. The van der Waals surface area contributed by atoms with Crippen molar-refractivity contribution in [2.24, 2.45) is 0 Å². The van der Waals surface area contributed by atoms with Crippen LogP contribution in [0.25, 0.3) is 33.3 Å². The monoisotopic (exact) mass is 519 g/mol. The molecule has 4 heterocycles. The van der Waals surface area contributed by atoms with Crippen LogP contribution in [0.3, 0.4) is 0 Å². The maximum atomic E-state index is 13.2. The second-order valence-corrected chi connectivity index (χ2v) is 11.3. The van der Waals surface area contributed by atoms with Gasteiger partial charge < -0.3 is 14.9 Å². The number of H-pyrrole nitrogens is 2. The molecule has 0 aliphatic carbocycles. The molecule has 182 valence electrons. The standard InChI is InChI=1S/C25H21N5O4S2/c31-24-23(27-21-14-35-15-22(21)28-24)20-13-17-12-16(6-7-19(17)26-20)25(32)29-8-10-30(11-9-29)36(33,34)18-4-2-1-3-5-18/h1-7,12-15,26H,8-11H2,(H,28,31). The molecule has 2 N–H and O–H groups in total. The third-order valence-electron chi connectivity index (χ3n) is 6.37. The van der Waals surface area contributed by atoms with E-state index in [0.29, 0.717) is 35.6 Å². The van der Waals surface area contributed by atoms with Gasteiger partial charge in [0.1, 0.15) is 0 Å². The fraction of sp³-hybridized carbons (Fsp3) is 0.160. The van der Waals surface area contributed by atoms with Gasteiger partial charge in [0, 0.05) is 53.4 Å². The van der Waals surface area contributed by atoms with E-state index in [0.717, 1.165) is 16.4 Å². The van der Waals surface area contributed by atoms with E-state index < -0.39 is 10.0 Å². The Kier molecular flexibility index (Phi) is 5.47. The number of thiophene rings is 1. The van der Waals surface area contributed by atoms with Crippen molar-refractivity contribution in [2.75, 3.05) is 26.2 Å². The highest BCUT2D eigenvalue weighted by Gasteiger charge is 2.30. The maximum Gasteiger partial charge on any atom is 0.276 e. The minimum absolute atomic E-state index is 0.160. The molecule has 0 unspecified atom stereocenters. The summed E-state index contributed by atoms with van der Waals surface area (Å²) in [5.74, 6) is -0.160. The molecule has 0 saturated carbocycles. The van der Waals surface area contributed by atoms with Gasteiger partial charge in [-0.15, -0.1) is 11.3 Å². The molecule has 0 spiro atoms. The number of fused-ring (bicyclic) bond motifs is 2. The molecule has 0 atom stereocenters. The number of benzene rings is 2. The predicted molar refractivity (Wildman–Crippen MR) is 139 cm³/mol. The third kappa shape index (κ3) is 3.91. The van der Waals surface area contributed by atoms with Crippen molar-refractivity contribution in [3.63, 3.8) is 0 Å². The van der Waals surface area contributed by atoms with Crippen LogP contribution < -0.4 is 5.56 Å². The molecule has 1 fully saturated rings. The van der Waals surface area contributed by atoms with E-state index in [2.05, 4.69) is 15.0 Å². The van der Waals surface area contributed by atoms with E-state index in [4.69, 9.17) is 0 Å². The Bertz CT molecular complexity index is 1760. The lowest BCUT2D eigenvalue weighted by atomic mass is 10.1. The zero-order valence-electron chi connectivity index (χ0n) is 19.0. The lowest BCUT2D eigenvalue weighted by Crippen LogP contribution is -2.50. The number of carbonyl (C=O) groups excluding carboxylic acids is 1. The number of aromatic amines is 2. The van der Waals surface area contributed by atoms with Crippen LogP contribution in [-0.2, 0) is 10.0 Å². The maximum absolute atomic E-state index is 13.2. The van der Waals surface area contributed by atoms with Gasteiger partial charge in [0.25, 0.3) is 11.5 Å². The van der Waals surface area contributed by atoms with Crippen LogP contribution in [0.2, 0.25) is 0 Å². The summed E-state index contributed by atoms with van der Waals surface area (Å²) in [6.45, 7) is 1.08. The van der Waals surface area contributed by atoms with Crippen molar-refractivity contribution in [1.29, 1.82) is 0 Å². The average molecular weight is 520 g/mol. The molecule has 6 rings (SSSR count). The molecular formula is C25H21N5O4S2. The summed E-state index contributed by atoms with van der Waals surface area (Å²) in [6.07, 6.45) is 0. The predicted octanol–water partition coefficient (Wildman–Crippen LogP) is 3.28. The van der Waals surface area contributed by atoms with Crippen LogP contribution in [0.5, 0.6) is 0 Å². The Morgan fingerprint density at radius 2 is 1.69 bits per heavy atom. The second kappa shape index (κ2) is 8.70. The summed E-state index contributed by atoms with van der Waals surface area (Å²) in [5.41, 5.74) is 3.29. The zero-order chi connectivity index (χ0) is 24.9. The highest BCUT2D eigenvalue weighted by atomic mass is 32.2. The number of rotatable bonds is 4. The lowest BCUT2D eigenvalue weighted by Gasteiger charge is -2.34. The van der Waals surface area contributed by atoms with Crippen molar-refractivity contribution in [3.8, 4) is 11.4 Å². The molecule has 0 bridgehead atoms. The van der Waals surface area contributed by atoms with Crippen LogP contribution in [0.1, 0.15) is 10.4 Å². The van der Waals surface area contributed by atoms with Crippen molar-refractivity contribution >= 4 is 49.2 Å². The molecule has 1 saturated heterocycles. The molecular weight excluding hydrogens is 498 g/mol. The number of piperazine rings is 1. The van der Waals surface area contributed by atoms with Crippen molar-refractivity contribution in [2.45, 2.75) is 4.90 Å². The Balaban J connectivity index is 1.21. The highest BCUT2D eigenvalue weighted by Crippen LogP contribution is 2.25. The first-order valence-electron chi connectivity index (χ1n) is 11.3. The van der Waals surface area contributed by atoms with E-state index >= 15 is 0 Å². The summed E-state index contributed by atoms with van der Waals surface area (Å²) in [4.78, 5) is 38.2. The first-order valence-corrected chi connectivity index (χ1v) is 13.7. The summed E-state index contributed by atoms with van der Waals surface area (Å²) >= 11 is 1.47. The summed E-state index contributed by atoms with van der Waals surface area (Å²) in [6, 6.07) is 15.5. The van der Waals surface area contributed by atoms with Gasteiger partial charge in [-0.1, -0.05) is 18.2 Å². The van der Waals surface area contributed by atoms with E-state index in [1.807, 2.05) is 16.8 Å². The van der Waals surface area contributed by atoms with Gasteiger partial charge in [0.15, 0.2) is 5.69 Å². The first-order chi connectivity index (χ1) is 17.4. The van der Waals surface area contributed by atoms with E-state index in [-0.39, 0.29) is 29.5 Å². The SMILES string of the molecule is O=C(c1ccc2[nH]c(-c3nc4cscc4[nH]c3=O)cc2c1)N1CCN(S(=O)(=O)c2ccccc2)CC1. The number of amides is 1. The van der Waals surface area contributed by atoms with Gasteiger partial charge in [0.05, 0.1) is 21.6 Å². The van der Waals surface area contributed by atoms with Gasteiger partial charge in [0.2, 0.25) is 10.0 Å². The molecule has 1 aliphatic rings. The molecule has 3 aromatic heterocycles.